The molecule has 32 heavy (non-hydrogen) atoms. The lowest BCUT2D eigenvalue weighted by Gasteiger charge is -2.10. The van der Waals surface area contributed by atoms with Crippen molar-refractivity contribution in [3.05, 3.63) is 97.5 Å². The van der Waals surface area contributed by atoms with E-state index in [-0.39, 0.29) is 12.2 Å². The summed E-state index contributed by atoms with van der Waals surface area (Å²) >= 11 is 18.3. The van der Waals surface area contributed by atoms with E-state index in [0.717, 1.165) is 16.7 Å². The lowest BCUT2D eigenvalue weighted by molar-refractivity contribution is -0.112. The standard InChI is InChI=1S/C25H19Cl3N2O2/c1-15-3-4-16(2)23(9-15)30-25(31)19(13-29)10-17-6-8-24(22(28)11-17)32-14-18-5-7-20(26)21(27)12-18/h3-12H,14H2,1-2H3,(H,30,31)/b19-10+. The van der Waals surface area contributed by atoms with E-state index in [1.165, 1.54) is 6.08 Å². The Hall–Kier alpha value is -2.97. The number of anilines is 1. The molecule has 0 spiro atoms. The monoisotopic (exact) mass is 484 g/mol. The Bertz CT molecular complexity index is 1250. The normalized spacial score (nSPS) is 11.1. The van der Waals surface area contributed by atoms with Gasteiger partial charge in [-0.25, -0.2) is 0 Å². The van der Waals surface area contributed by atoms with Crippen LogP contribution in [0.2, 0.25) is 15.1 Å². The molecule has 1 amide bonds. The van der Waals surface area contributed by atoms with Crippen molar-refractivity contribution in [3.63, 3.8) is 0 Å². The number of carbonyl (C=O) groups excluding carboxylic acids is 1. The molecule has 0 aliphatic rings. The van der Waals surface area contributed by atoms with Crippen LogP contribution in [0.5, 0.6) is 5.75 Å². The molecule has 0 unspecified atom stereocenters. The molecule has 4 nitrogen and oxygen atoms in total. The van der Waals surface area contributed by atoms with E-state index in [1.807, 2.05) is 44.2 Å². The number of carbonyl (C=O) groups is 1. The van der Waals surface area contributed by atoms with Gasteiger partial charge < -0.3 is 10.1 Å². The fourth-order valence-electron chi connectivity index (χ4n) is 2.89. The van der Waals surface area contributed by atoms with Gasteiger partial charge in [0.2, 0.25) is 0 Å². The second kappa shape index (κ2) is 10.6. The third kappa shape index (κ3) is 6.05. The summed E-state index contributed by atoms with van der Waals surface area (Å²) in [7, 11) is 0. The number of nitrogens with zero attached hydrogens (tertiary/aromatic N) is 1. The van der Waals surface area contributed by atoms with E-state index in [2.05, 4.69) is 5.32 Å². The summed E-state index contributed by atoms with van der Waals surface area (Å²) in [6, 6.07) is 18.0. The van der Waals surface area contributed by atoms with Crippen molar-refractivity contribution in [2.45, 2.75) is 20.5 Å². The first-order chi connectivity index (χ1) is 15.3. The van der Waals surface area contributed by atoms with Crippen LogP contribution in [-0.4, -0.2) is 5.91 Å². The maximum Gasteiger partial charge on any atom is 0.266 e. The third-order valence-electron chi connectivity index (χ3n) is 4.65. The van der Waals surface area contributed by atoms with Crippen LogP contribution >= 0.6 is 34.8 Å². The van der Waals surface area contributed by atoms with Gasteiger partial charge in [0.05, 0.1) is 15.1 Å². The zero-order valence-electron chi connectivity index (χ0n) is 17.4. The Balaban J connectivity index is 1.73. The SMILES string of the molecule is Cc1ccc(C)c(NC(=O)/C(C#N)=C/c2ccc(OCc3ccc(Cl)c(Cl)c3)c(Cl)c2)c1. The smallest absolute Gasteiger partial charge is 0.266 e. The molecule has 0 radical (unpaired) electrons. The van der Waals surface area contributed by atoms with Crippen LogP contribution in [0.1, 0.15) is 22.3 Å². The number of aryl methyl sites for hydroxylation is 2. The fourth-order valence-corrected chi connectivity index (χ4v) is 3.45. The maximum atomic E-state index is 12.6. The average molecular weight is 486 g/mol. The van der Waals surface area contributed by atoms with Crippen molar-refractivity contribution in [3.8, 4) is 11.8 Å². The fraction of sp³-hybridized carbons (Fsp3) is 0.120. The van der Waals surface area contributed by atoms with Crippen LogP contribution in [0.3, 0.4) is 0 Å². The first-order valence-corrected chi connectivity index (χ1v) is 10.8. The van der Waals surface area contributed by atoms with Gasteiger partial charge in [-0.15, -0.1) is 0 Å². The van der Waals surface area contributed by atoms with E-state index in [1.54, 1.807) is 30.3 Å². The third-order valence-corrected chi connectivity index (χ3v) is 5.69. The molecule has 0 fully saturated rings. The molecule has 0 aromatic heterocycles. The highest BCUT2D eigenvalue weighted by molar-refractivity contribution is 6.42. The average Bonchev–Trinajstić information content (AvgIpc) is 2.76. The zero-order chi connectivity index (χ0) is 23.3. The van der Waals surface area contributed by atoms with E-state index in [0.29, 0.717) is 32.1 Å². The van der Waals surface area contributed by atoms with Gasteiger partial charge in [0.25, 0.3) is 5.91 Å². The molecule has 0 atom stereocenters. The summed E-state index contributed by atoms with van der Waals surface area (Å²) in [5, 5.41) is 13.5. The van der Waals surface area contributed by atoms with Crippen molar-refractivity contribution in [2.24, 2.45) is 0 Å². The predicted octanol–water partition coefficient (Wildman–Crippen LogP) is 7.39. The Morgan fingerprint density at radius 1 is 1.00 bits per heavy atom. The van der Waals surface area contributed by atoms with Gasteiger partial charge in [-0.2, -0.15) is 5.26 Å². The maximum absolute atomic E-state index is 12.6. The molecule has 3 aromatic rings. The van der Waals surface area contributed by atoms with E-state index in [9.17, 15) is 10.1 Å². The van der Waals surface area contributed by atoms with Crippen molar-refractivity contribution in [1.82, 2.24) is 0 Å². The second-order valence-electron chi connectivity index (χ2n) is 7.17. The number of rotatable bonds is 6. The Labute approximate surface area is 202 Å². The highest BCUT2D eigenvalue weighted by Gasteiger charge is 2.12. The van der Waals surface area contributed by atoms with Gasteiger partial charge in [-0.05, 0) is 72.5 Å². The molecule has 3 aromatic carbocycles. The number of hydrogen-bond acceptors (Lipinski definition) is 3. The Kier molecular flexibility index (Phi) is 7.82. The van der Waals surface area contributed by atoms with Gasteiger partial charge in [-0.3, -0.25) is 4.79 Å². The Morgan fingerprint density at radius 2 is 1.78 bits per heavy atom. The summed E-state index contributed by atoms with van der Waals surface area (Å²) < 4.78 is 5.76. The van der Waals surface area contributed by atoms with Crippen molar-refractivity contribution in [1.29, 1.82) is 5.26 Å². The number of nitrogens with one attached hydrogen (secondary N) is 1. The topological polar surface area (TPSA) is 62.1 Å². The number of nitriles is 1. The number of hydrogen-bond donors (Lipinski definition) is 1. The van der Waals surface area contributed by atoms with Crippen molar-refractivity contribution < 1.29 is 9.53 Å². The van der Waals surface area contributed by atoms with Gasteiger partial charge >= 0.3 is 0 Å². The first-order valence-electron chi connectivity index (χ1n) is 9.63. The van der Waals surface area contributed by atoms with Crippen LogP contribution in [-0.2, 0) is 11.4 Å². The lowest BCUT2D eigenvalue weighted by atomic mass is 10.1. The van der Waals surface area contributed by atoms with Gasteiger partial charge in [0.1, 0.15) is 24.0 Å². The molecule has 0 aliphatic heterocycles. The van der Waals surface area contributed by atoms with E-state index >= 15 is 0 Å². The summed E-state index contributed by atoms with van der Waals surface area (Å²) in [6.45, 7) is 4.08. The van der Waals surface area contributed by atoms with Crippen LogP contribution in [0.4, 0.5) is 5.69 Å². The second-order valence-corrected chi connectivity index (χ2v) is 8.39. The minimum Gasteiger partial charge on any atom is -0.487 e. The van der Waals surface area contributed by atoms with Gasteiger partial charge in [0.15, 0.2) is 0 Å². The zero-order valence-corrected chi connectivity index (χ0v) is 19.6. The molecule has 1 N–H and O–H groups in total. The molecule has 0 aliphatic carbocycles. The lowest BCUT2D eigenvalue weighted by Crippen LogP contribution is -2.14. The minimum absolute atomic E-state index is 0.0357. The molecule has 0 heterocycles. The summed E-state index contributed by atoms with van der Waals surface area (Å²) in [5.41, 5.74) is 4.00. The molecule has 3 rings (SSSR count). The highest BCUT2D eigenvalue weighted by atomic mass is 35.5. The molecule has 7 heteroatoms. The van der Waals surface area contributed by atoms with E-state index in [4.69, 9.17) is 39.5 Å². The minimum atomic E-state index is -0.489. The molecular formula is C25H19Cl3N2O2. The van der Waals surface area contributed by atoms with Crippen molar-refractivity contribution in [2.75, 3.05) is 5.32 Å². The highest BCUT2D eigenvalue weighted by Crippen LogP contribution is 2.29. The van der Waals surface area contributed by atoms with Crippen LogP contribution in [0.15, 0.2) is 60.2 Å². The number of benzene rings is 3. The largest absolute Gasteiger partial charge is 0.487 e. The summed E-state index contributed by atoms with van der Waals surface area (Å²) in [4.78, 5) is 12.6. The first kappa shape index (κ1) is 23.7. The molecular weight excluding hydrogens is 467 g/mol. The molecule has 0 bridgehead atoms. The number of amides is 1. The summed E-state index contributed by atoms with van der Waals surface area (Å²) in [6.07, 6.45) is 1.48. The molecule has 162 valence electrons. The van der Waals surface area contributed by atoms with Crippen molar-refractivity contribution >= 4 is 52.5 Å². The van der Waals surface area contributed by atoms with Gasteiger partial charge in [-0.1, -0.05) is 59.1 Å². The van der Waals surface area contributed by atoms with E-state index < -0.39 is 5.91 Å². The number of ether oxygens (including phenoxy) is 1. The summed E-state index contributed by atoms with van der Waals surface area (Å²) in [5.74, 6) is -0.0227. The van der Waals surface area contributed by atoms with Crippen LogP contribution in [0.25, 0.3) is 6.08 Å². The van der Waals surface area contributed by atoms with Gasteiger partial charge in [0, 0.05) is 5.69 Å². The van der Waals surface area contributed by atoms with Crippen LogP contribution in [0, 0.1) is 25.2 Å². The Morgan fingerprint density at radius 3 is 2.47 bits per heavy atom. The molecule has 0 saturated carbocycles. The predicted molar refractivity (Wildman–Crippen MR) is 130 cm³/mol. The molecule has 0 saturated heterocycles. The quantitative estimate of drug-likeness (QED) is 0.292. The van der Waals surface area contributed by atoms with Crippen LogP contribution < -0.4 is 10.1 Å². The number of halogens is 3.